The molecule has 1 aromatic carbocycles. The average molecular weight is 316 g/mol. The molecule has 0 aliphatic rings. The van der Waals surface area contributed by atoms with Crippen LogP contribution in [-0.2, 0) is 19.6 Å². The second-order valence-electron chi connectivity index (χ2n) is 4.67. The van der Waals surface area contributed by atoms with Gasteiger partial charge in [0.25, 0.3) is 0 Å². The first-order valence-corrected chi connectivity index (χ1v) is 6.40. The van der Waals surface area contributed by atoms with E-state index in [0.29, 0.717) is 24.8 Å². The van der Waals surface area contributed by atoms with Crippen molar-refractivity contribution in [3.05, 3.63) is 41.5 Å². The number of nitrogens with two attached hydrogens (primary N) is 1. The van der Waals surface area contributed by atoms with Gasteiger partial charge in [-0.2, -0.15) is 4.98 Å². The zero-order valence-corrected chi connectivity index (χ0v) is 11.8. The Morgan fingerprint density at radius 2 is 1.91 bits per heavy atom. The highest BCUT2D eigenvalue weighted by Gasteiger charge is 2.30. The van der Waals surface area contributed by atoms with Gasteiger partial charge in [0.15, 0.2) is 5.82 Å². The van der Waals surface area contributed by atoms with Crippen LogP contribution in [0.15, 0.2) is 28.8 Å². The van der Waals surface area contributed by atoms with Crippen LogP contribution in [0.1, 0.15) is 17.3 Å². The maximum absolute atomic E-state index is 12.1. The van der Waals surface area contributed by atoms with Crippen LogP contribution in [0.3, 0.4) is 0 Å². The predicted molar refractivity (Wildman–Crippen MR) is 70.5 cm³/mol. The van der Waals surface area contributed by atoms with Crippen LogP contribution >= 0.6 is 0 Å². The van der Waals surface area contributed by atoms with E-state index in [2.05, 4.69) is 14.9 Å². The van der Waals surface area contributed by atoms with Gasteiger partial charge in [-0.3, -0.25) is 4.90 Å². The van der Waals surface area contributed by atoms with Gasteiger partial charge in [0, 0.05) is 6.54 Å². The van der Waals surface area contributed by atoms with E-state index in [1.165, 1.54) is 12.1 Å². The molecule has 22 heavy (non-hydrogen) atoms. The number of ether oxygens (including phenoxy) is 1. The Hall–Kier alpha value is -2.13. The molecule has 2 rings (SSSR count). The normalized spacial score (nSPS) is 11.9. The number of benzene rings is 1. The van der Waals surface area contributed by atoms with E-state index in [4.69, 9.17) is 10.3 Å². The molecule has 0 fully saturated rings. The highest BCUT2D eigenvalue weighted by Crippen LogP contribution is 2.23. The molecule has 0 bridgehead atoms. The Kier molecular flexibility index (Phi) is 4.99. The molecule has 2 aromatic rings. The van der Waals surface area contributed by atoms with E-state index in [9.17, 15) is 13.2 Å². The number of aromatic nitrogens is 2. The van der Waals surface area contributed by atoms with Gasteiger partial charge in [0.05, 0.1) is 13.1 Å². The molecular weight excluding hydrogens is 301 g/mol. The summed E-state index contributed by atoms with van der Waals surface area (Å²) in [5.74, 6) is 0.613. The standard InChI is InChI=1S/C13H15F3N4O2/c1-20(8-11-18-12(6-17)22-19-11)7-9-2-4-10(5-3-9)21-13(14,15)16/h2-5H,6-8,17H2,1H3. The molecule has 0 aliphatic carbocycles. The highest BCUT2D eigenvalue weighted by molar-refractivity contribution is 5.27. The van der Waals surface area contributed by atoms with Gasteiger partial charge < -0.3 is 15.0 Å². The fourth-order valence-corrected chi connectivity index (χ4v) is 1.84. The third-order valence-corrected chi connectivity index (χ3v) is 2.71. The molecule has 2 N–H and O–H groups in total. The monoisotopic (exact) mass is 316 g/mol. The van der Waals surface area contributed by atoms with Crippen LogP contribution in [0, 0.1) is 0 Å². The molecule has 0 spiro atoms. The van der Waals surface area contributed by atoms with Gasteiger partial charge in [-0.1, -0.05) is 17.3 Å². The van der Waals surface area contributed by atoms with Gasteiger partial charge in [0.2, 0.25) is 5.89 Å². The fraction of sp³-hybridized carbons (Fsp3) is 0.385. The summed E-state index contributed by atoms with van der Waals surface area (Å²) in [6.45, 7) is 1.13. The highest BCUT2D eigenvalue weighted by atomic mass is 19.4. The van der Waals surface area contributed by atoms with E-state index < -0.39 is 6.36 Å². The van der Waals surface area contributed by atoms with Crippen molar-refractivity contribution in [2.24, 2.45) is 5.73 Å². The lowest BCUT2D eigenvalue weighted by molar-refractivity contribution is -0.274. The van der Waals surface area contributed by atoms with Gasteiger partial charge in [-0.05, 0) is 24.7 Å². The first kappa shape index (κ1) is 16.2. The zero-order valence-electron chi connectivity index (χ0n) is 11.8. The maximum atomic E-state index is 12.1. The van der Waals surface area contributed by atoms with Crippen molar-refractivity contribution in [2.45, 2.75) is 26.0 Å². The SMILES string of the molecule is CN(Cc1ccc(OC(F)(F)F)cc1)Cc1noc(CN)n1. The fourth-order valence-electron chi connectivity index (χ4n) is 1.84. The summed E-state index contributed by atoms with van der Waals surface area (Å²) in [4.78, 5) is 5.97. The molecule has 0 amide bonds. The third kappa shape index (κ3) is 5.01. The maximum Gasteiger partial charge on any atom is 0.573 e. The number of nitrogens with zero attached hydrogens (tertiary/aromatic N) is 3. The lowest BCUT2D eigenvalue weighted by atomic mass is 10.2. The summed E-state index contributed by atoms with van der Waals surface area (Å²) in [6, 6.07) is 5.69. The molecule has 0 aliphatic heterocycles. The van der Waals surface area contributed by atoms with Crippen molar-refractivity contribution in [2.75, 3.05) is 7.05 Å². The van der Waals surface area contributed by atoms with Crippen molar-refractivity contribution in [3.8, 4) is 5.75 Å². The van der Waals surface area contributed by atoms with E-state index in [1.54, 1.807) is 12.1 Å². The number of alkyl halides is 3. The van der Waals surface area contributed by atoms with E-state index >= 15 is 0 Å². The lowest BCUT2D eigenvalue weighted by Gasteiger charge is -2.15. The molecule has 0 unspecified atom stereocenters. The predicted octanol–water partition coefficient (Wildman–Crippen LogP) is 2.06. The van der Waals surface area contributed by atoms with Crippen molar-refractivity contribution >= 4 is 0 Å². The van der Waals surface area contributed by atoms with Gasteiger partial charge in [0.1, 0.15) is 5.75 Å². The summed E-state index contributed by atoms with van der Waals surface area (Å²) in [5.41, 5.74) is 6.21. The second kappa shape index (κ2) is 6.75. The summed E-state index contributed by atoms with van der Waals surface area (Å²) in [7, 11) is 1.83. The van der Waals surface area contributed by atoms with Crippen molar-refractivity contribution in [3.63, 3.8) is 0 Å². The third-order valence-electron chi connectivity index (χ3n) is 2.71. The molecule has 0 radical (unpaired) electrons. The van der Waals surface area contributed by atoms with Crippen LogP contribution in [0.25, 0.3) is 0 Å². The Bertz CT molecular complexity index is 598. The smallest absolute Gasteiger partial charge is 0.406 e. The van der Waals surface area contributed by atoms with Crippen LogP contribution < -0.4 is 10.5 Å². The largest absolute Gasteiger partial charge is 0.573 e. The van der Waals surface area contributed by atoms with Crippen LogP contribution in [0.2, 0.25) is 0 Å². The summed E-state index contributed by atoms with van der Waals surface area (Å²) >= 11 is 0. The van der Waals surface area contributed by atoms with Crippen LogP contribution in [-0.4, -0.2) is 28.5 Å². The Balaban J connectivity index is 1.89. The van der Waals surface area contributed by atoms with Crippen LogP contribution in [0.5, 0.6) is 5.75 Å². The summed E-state index contributed by atoms with van der Waals surface area (Å²) in [5, 5.41) is 3.77. The van der Waals surface area contributed by atoms with Crippen molar-refractivity contribution in [1.82, 2.24) is 15.0 Å². The quantitative estimate of drug-likeness (QED) is 0.879. The summed E-state index contributed by atoms with van der Waals surface area (Å²) in [6.07, 6.45) is -4.68. The minimum atomic E-state index is -4.68. The Labute approximate surface area is 124 Å². The number of hydrogen-bond acceptors (Lipinski definition) is 6. The van der Waals surface area contributed by atoms with Crippen molar-refractivity contribution in [1.29, 1.82) is 0 Å². The molecular formula is C13H15F3N4O2. The molecule has 120 valence electrons. The topological polar surface area (TPSA) is 77.4 Å². The molecule has 1 aromatic heterocycles. The molecule has 1 heterocycles. The zero-order chi connectivity index (χ0) is 16.2. The van der Waals surface area contributed by atoms with Crippen molar-refractivity contribution < 1.29 is 22.4 Å². The second-order valence-corrected chi connectivity index (χ2v) is 4.67. The van der Waals surface area contributed by atoms with Crippen LogP contribution in [0.4, 0.5) is 13.2 Å². The minimum absolute atomic E-state index is 0.178. The van der Waals surface area contributed by atoms with Gasteiger partial charge in [-0.25, -0.2) is 0 Å². The Morgan fingerprint density at radius 3 is 2.45 bits per heavy atom. The molecule has 0 atom stereocenters. The molecule has 0 saturated heterocycles. The lowest BCUT2D eigenvalue weighted by Crippen LogP contribution is -2.19. The van der Waals surface area contributed by atoms with E-state index in [0.717, 1.165) is 5.56 Å². The number of halogens is 3. The molecule has 6 nitrogen and oxygen atoms in total. The van der Waals surface area contributed by atoms with Gasteiger partial charge in [-0.15, -0.1) is 13.2 Å². The van der Waals surface area contributed by atoms with E-state index in [-0.39, 0.29) is 12.3 Å². The molecule has 0 saturated carbocycles. The first-order valence-electron chi connectivity index (χ1n) is 6.40. The van der Waals surface area contributed by atoms with Gasteiger partial charge >= 0.3 is 6.36 Å². The molecule has 9 heteroatoms. The minimum Gasteiger partial charge on any atom is -0.406 e. The van der Waals surface area contributed by atoms with E-state index in [1.807, 2.05) is 11.9 Å². The number of hydrogen-bond donors (Lipinski definition) is 1. The Morgan fingerprint density at radius 1 is 1.23 bits per heavy atom. The summed E-state index contributed by atoms with van der Waals surface area (Å²) < 4.78 is 44.9. The number of rotatable bonds is 6. The first-order chi connectivity index (χ1) is 10.4. The average Bonchev–Trinajstić information content (AvgIpc) is 2.87.